The molecule has 4 nitrogen and oxygen atoms in total. The second-order valence-corrected chi connectivity index (χ2v) is 7.65. The summed E-state index contributed by atoms with van der Waals surface area (Å²) in [4.78, 5) is 16.3. The van der Waals surface area contributed by atoms with Crippen molar-refractivity contribution in [2.75, 3.05) is 17.2 Å². The molecule has 2 aromatic carbocycles. The summed E-state index contributed by atoms with van der Waals surface area (Å²) in [6, 6.07) is 22.2. The van der Waals surface area contributed by atoms with E-state index in [4.69, 9.17) is 4.42 Å². The molecule has 0 spiro atoms. The van der Waals surface area contributed by atoms with Crippen LogP contribution in [0.2, 0.25) is 0 Å². The summed E-state index contributed by atoms with van der Waals surface area (Å²) in [5, 5.41) is 3.29. The molecule has 27 heavy (non-hydrogen) atoms. The summed E-state index contributed by atoms with van der Waals surface area (Å²) in [5.74, 6) is 1.74. The topological polar surface area (TPSA) is 45.5 Å². The molecule has 138 valence electrons. The Morgan fingerprint density at radius 2 is 1.93 bits per heavy atom. The van der Waals surface area contributed by atoms with E-state index in [0.717, 1.165) is 27.7 Å². The molecule has 0 radical (unpaired) electrons. The average molecular weight is 378 g/mol. The minimum absolute atomic E-state index is 0.0199. The third kappa shape index (κ3) is 3.80. The van der Waals surface area contributed by atoms with Gasteiger partial charge >= 0.3 is 0 Å². The quantitative estimate of drug-likeness (QED) is 0.692. The minimum Gasteiger partial charge on any atom is -0.468 e. The molecule has 0 unspecified atom stereocenters. The van der Waals surface area contributed by atoms with Gasteiger partial charge in [-0.1, -0.05) is 42.5 Å². The van der Waals surface area contributed by atoms with Crippen LogP contribution in [0.25, 0.3) is 0 Å². The number of fused-ring (bicyclic) bond motifs is 1. The average Bonchev–Trinajstić information content (AvgIpc) is 3.26. The Kier molecular flexibility index (Phi) is 5.32. The van der Waals surface area contributed by atoms with Crippen molar-refractivity contribution in [1.29, 1.82) is 0 Å². The van der Waals surface area contributed by atoms with Crippen LogP contribution in [-0.2, 0) is 4.79 Å². The number of carbonyl (C=O) groups is 1. The number of para-hydroxylation sites is 1. The second-order valence-electron chi connectivity index (χ2n) is 6.59. The van der Waals surface area contributed by atoms with Crippen LogP contribution in [0.5, 0.6) is 0 Å². The van der Waals surface area contributed by atoms with Gasteiger partial charge in [0, 0.05) is 10.6 Å². The first kappa shape index (κ1) is 17.9. The van der Waals surface area contributed by atoms with Crippen LogP contribution >= 0.6 is 11.8 Å². The van der Waals surface area contributed by atoms with E-state index in [1.54, 1.807) is 18.0 Å². The number of amides is 1. The van der Waals surface area contributed by atoms with E-state index in [2.05, 4.69) is 23.5 Å². The van der Waals surface area contributed by atoms with Gasteiger partial charge in [-0.2, -0.15) is 0 Å². The molecule has 0 aliphatic carbocycles. The van der Waals surface area contributed by atoms with Crippen LogP contribution in [-0.4, -0.2) is 18.2 Å². The number of nitrogens with one attached hydrogen (secondary N) is 1. The van der Waals surface area contributed by atoms with Gasteiger partial charge in [0.1, 0.15) is 5.76 Å². The standard InChI is InChI=1S/C22H22N2O2S/c1-16(20-11-7-13-26-20)23-14-22(25)24-18-10-5-6-12-21(18)27-15-19(24)17-8-3-2-4-9-17/h2-13,16,19,23H,14-15H2,1H3/t16-,19-/m1/s1. The van der Waals surface area contributed by atoms with Gasteiger partial charge in [0.05, 0.1) is 30.6 Å². The molecular weight excluding hydrogens is 356 g/mol. The van der Waals surface area contributed by atoms with Gasteiger partial charge < -0.3 is 9.32 Å². The SMILES string of the molecule is C[C@@H](NCC(=O)N1c2ccccc2SC[C@@H]1c1ccccc1)c1ccco1. The lowest BCUT2D eigenvalue weighted by atomic mass is 10.1. The van der Waals surface area contributed by atoms with Crippen molar-refractivity contribution in [1.82, 2.24) is 5.32 Å². The predicted octanol–water partition coefficient (Wildman–Crippen LogP) is 4.81. The molecule has 0 saturated carbocycles. The van der Waals surface area contributed by atoms with E-state index >= 15 is 0 Å². The highest BCUT2D eigenvalue weighted by molar-refractivity contribution is 7.99. The Morgan fingerprint density at radius 1 is 1.15 bits per heavy atom. The summed E-state index contributed by atoms with van der Waals surface area (Å²) < 4.78 is 5.43. The molecule has 1 amide bonds. The molecule has 1 aliphatic heterocycles. The Bertz CT molecular complexity index is 896. The lowest BCUT2D eigenvalue weighted by molar-refractivity contribution is -0.118. The fourth-order valence-corrected chi connectivity index (χ4v) is 4.55. The molecule has 1 aromatic heterocycles. The Balaban J connectivity index is 1.58. The minimum atomic E-state index is -0.0199. The smallest absolute Gasteiger partial charge is 0.241 e. The zero-order valence-corrected chi connectivity index (χ0v) is 16.0. The molecule has 1 aliphatic rings. The zero-order chi connectivity index (χ0) is 18.6. The third-order valence-corrected chi connectivity index (χ3v) is 5.95. The molecule has 1 N–H and O–H groups in total. The largest absolute Gasteiger partial charge is 0.468 e. The first-order valence-corrected chi connectivity index (χ1v) is 10.1. The molecule has 2 atom stereocenters. The molecule has 0 bridgehead atoms. The third-order valence-electron chi connectivity index (χ3n) is 4.82. The number of thioether (sulfide) groups is 1. The Morgan fingerprint density at radius 3 is 2.70 bits per heavy atom. The van der Waals surface area contributed by atoms with Crippen molar-refractivity contribution in [2.24, 2.45) is 0 Å². The first-order valence-electron chi connectivity index (χ1n) is 9.09. The molecular formula is C22H22N2O2S. The lowest BCUT2D eigenvalue weighted by Crippen LogP contribution is -2.43. The monoisotopic (exact) mass is 378 g/mol. The number of nitrogens with zero attached hydrogens (tertiary/aromatic N) is 1. The fourth-order valence-electron chi connectivity index (χ4n) is 3.38. The molecule has 0 saturated heterocycles. The molecule has 4 rings (SSSR count). The fraction of sp³-hybridized carbons (Fsp3) is 0.227. The van der Waals surface area contributed by atoms with Crippen molar-refractivity contribution < 1.29 is 9.21 Å². The number of hydrogen-bond donors (Lipinski definition) is 1. The van der Waals surface area contributed by atoms with Crippen molar-refractivity contribution >= 4 is 23.4 Å². The predicted molar refractivity (Wildman–Crippen MR) is 109 cm³/mol. The summed E-state index contributed by atoms with van der Waals surface area (Å²) in [6.45, 7) is 2.25. The number of benzene rings is 2. The first-order chi connectivity index (χ1) is 13.2. The number of rotatable bonds is 5. The lowest BCUT2D eigenvalue weighted by Gasteiger charge is -2.37. The Hall–Kier alpha value is -2.50. The molecule has 3 aromatic rings. The van der Waals surface area contributed by atoms with E-state index in [1.807, 2.05) is 60.4 Å². The maximum atomic E-state index is 13.2. The van der Waals surface area contributed by atoms with Gasteiger partial charge in [-0.3, -0.25) is 10.1 Å². The van der Waals surface area contributed by atoms with Crippen molar-refractivity contribution in [3.63, 3.8) is 0 Å². The second kappa shape index (κ2) is 8.03. The van der Waals surface area contributed by atoms with Crippen molar-refractivity contribution in [3.8, 4) is 0 Å². The molecule has 2 heterocycles. The van der Waals surface area contributed by atoms with E-state index in [1.165, 1.54) is 0 Å². The number of anilines is 1. The molecule has 5 heteroatoms. The summed E-state index contributed by atoms with van der Waals surface area (Å²) in [7, 11) is 0. The van der Waals surface area contributed by atoms with Crippen LogP contribution < -0.4 is 10.2 Å². The van der Waals surface area contributed by atoms with Crippen molar-refractivity contribution in [3.05, 3.63) is 84.3 Å². The number of hydrogen-bond acceptors (Lipinski definition) is 4. The number of furan rings is 1. The normalized spacial score (nSPS) is 17.4. The van der Waals surface area contributed by atoms with Gasteiger partial charge in [-0.05, 0) is 36.8 Å². The van der Waals surface area contributed by atoms with E-state index in [9.17, 15) is 4.79 Å². The summed E-state index contributed by atoms with van der Waals surface area (Å²) >= 11 is 1.81. The van der Waals surface area contributed by atoms with Crippen LogP contribution in [0, 0.1) is 0 Å². The van der Waals surface area contributed by atoms with Gasteiger partial charge in [0.25, 0.3) is 0 Å². The highest BCUT2D eigenvalue weighted by Crippen LogP contribution is 2.43. The maximum Gasteiger partial charge on any atom is 0.241 e. The van der Waals surface area contributed by atoms with Crippen LogP contribution in [0.4, 0.5) is 5.69 Å². The Labute approximate surface area is 163 Å². The van der Waals surface area contributed by atoms with Crippen LogP contribution in [0.3, 0.4) is 0 Å². The number of carbonyl (C=O) groups excluding carboxylic acids is 1. The molecule has 0 fully saturated rings. The van der Waals surface area contributed by atoms with Gasteiger partial charge in [0.2, 0.25) is 5.91 Å². The van der Waals surface area contributed by atoms with Crippen LogP contribution in [0.15, 0.2) is 82.3 Å². The summed E-state index contributed by atoms with van der Waals surface area (Å²) in [5.41, 5.74) is 2.15. The zero-order valence-electron chi connectivity index (χ0n) is 15.2. The highest BCUT2D eigenvalue weighted by atomic mass is 32.2. The van der Waals surface area contributed by atoms with Gasteiger partial charge in [0.15, 0.2) is 0 Å². The van der Waals surface area contributed by atoms with Crippen LogP contribution in [0.1, 0.15) is 30.3 Å². The van der Waals surface area contributed by atoms with Gasteiger partial charge in [-0.25, -0.2) is 0 Å². The summed E-state index contributed by atoms with van der Waals surface area (Å²) in [6.07, 6.45) is 1.65. The van der Waals surface area contributed by atoms with E-state index in [-0.39, 0.29) is 24.5 Å². The maximum absolute atomic E-state index is 13.2. The van der Waals surface area contributed by atoms with Gasteiger partial charge in [-0.15, -0.1) is 11.8 Å². The van der Waals surface area contributed by atoms with E-state index < -0.39 is 0 Å². The van der Waals surface area contributed by atoms with Crippen molar-refractivity contribution in [2.45, 2.75) is 23.9 Å². The highest BCUT2D eigenvalue weighted by Gasteiger charge is 2.32. The van der Waals surface area contributed by atoms with E-state index in [0.29, 0.717) is 0 Å².